The van der Waals surface area contributed by atoms with Crippen LogP contribution in [0, 0.1) is 11.8 Å². The van der Waals surface area contributed by atoms with Gasteiger partial charge in [0.25, 0.3) is 0 Å². The topological polar surface area (TPSA) is 52.6 Å². The highest BCUT2D eigenvalue weighted by molar-refractivity contribution is 7.15. The molecule has 0 saturated heterocycles. The first-order valence-electron chi connectivity index (χ1n) is 7.34. The molecule has 1 aromatic heterocycles. The summed E-state index contributed by atoms with van der Waals surface area (Å²) in [4.78, 5) is 24.5. The molecule has 0 aliphatic carbocycles. The third kappa shape index (κ3) is 6.76. The molecule has 0 unspecified atom stereocenters. The molecule has 1 rings (SSSR count). The lowest BCUT2D eigenvalue weighted by molar-refractivity contribution is 0.0486. The van der Waals surface area contributed by atoms with E-state index < -0.39 is 0 Å². The van der Waals surface area contributed by atoms with E-state index in [1.54, 1.807) is 12.1 Å². The van der Waals surface area contributed by atoms with Gasteiger partial charge in [-0.25, -0.2) is 9.59 Å². The average molecular weight is 312 g/mol. The minimum atomic E-state index is -0.373. The Morgan fingerprint density at radius 3 is 1.62 bits per heavy atom. The predicted molar refractivity (Wildman–Crippen MR) is 83.8 cm³/mol. The molecule has 0 spiro atoms. The van der Waals surface area contributed by atoms with E-state index in [4.69, 9.17) is 9.47 Å². The molecule has 4 nitrogen and oxygen atoms in total. The third-order valence-corrected chi connectivity index (χ3v) is 3.91. The van der Waals surface area contributed by atoms with E-state index in [-0.39, 0.29) is 11.9 Å². The summed E-state index contributed by atoms with van der Waals surface area (Å²) < 4.78 is 10.3. The van der Waals surface area contributed by atoms with Crippen molar-refractivity contribution in [3.05, 3.63) is 21.9 Å². The minimum absolute atomic E-state index is 0.373. The molecule has 0 atom stereocenters. The summed E-state index contributed by atoms with van der Waals surface area (Å²) >= 11 is 1.12. The summed E-state index contributed by atoms with van der Waals surface area (Å²) in [6.45, 7) is 9.11. The largest absolute Gasteiger partial charge is 0.461 e. The second kappa shape index (κ2) is 8.82. The van der Waals surface area contributed by atoms with E-state index in [2.05, 4.69) is 27.7 Å². The Labute approximate surface area is 130 Å². The molecule has 0 aliphatic rings. The number of carbonyl (C=O) groups is 2. The summed E-state index contributed by atoms with van der Waals surface area (Å²) in [6.07, 6.45) is 1.67. The Kier molecular flexibility index (Phi) is 7.43. The number of thiophene rings is 1. The van der Waals surface area contributed by atoms with Crippen LogP contribution in [-0.2, 0) is 9.47 Å². The van der Waals surface area contributed by atoms with Gasteiger partial charge in [0.05, 0.1) is 13.2 Å². The molecule has 1 heterocycles. The summed E-state index contributed by atoms with van der Waals surface area (Å²) in [5, 5.41) is 0. The molecule has 0 saturated carbocycles. The first-order chi connectivity index (χ1) is 9.90. The van der Waals surface area contributed by atoms with Crippen molar-refractivity contribution in [3.8, 4) is 0 Å². The lowest BCUT2D eigenvalue weighted by atomic mass is 10.1. The molecule has 1 aromatic rings. The number of carbonyl (C=O) groups excluding carboxylic acids is 2. The second-order valence-electron chi connectivity index (χ2n) is 5.80. The molecule has 0 bridgehead atoms. The van der Waals surface area contributed by atoms with Gasteiger partial charge in [-0.05, 0) is 36.8 Å². The highest BCUT2D eigenvalue weighted by Crippen LogP contribution is 2.19. The Hall–Kier alpha value is -1.36. The maximum absolute atomic E-state index is 11.8. The van der Waals surface area contributed by atoms with E-state index in [9.17, 15) is 9.59 Å². The number of ether oxygens (including phenoxy) is 2. The zero-order valence-electron chi connectivity index (χ0n) is 13.2. The van der Waals surface area contributed by atoms with Crippen molar-refractivity contribution in [3.63, 3.8) is 0 Å². The first-order valence-corrected chi connectivity index (χ1v) is 8.16. The molecule has 0 aliphatic heterocycles. The van der Waals surface area contributed by atoms with Gasteiger partial charge >= 0.3 is 11.9 Å². The van der Waals surface area contributed by atoms with E-state index in [1.165, 1.54) is 0 Å². The third-order valence-electron chi connectivity index (χ3n) is 2.87. The van der Waals surface area contributed by atoms with Crippen molar-refractivity contribution >= 4 is 23.3 Å². The van der Waals surface area contributed by atoms with Gasteiger partial charge in [0.15, 0.2) is 0 Å². The van der Waals surface area contributed by atoms with Gasteiger partial charge in [0.1, 0.15) is 9.75 Å². The summed E-state index contributed by atoms with van der Waals surface area (Å²) in [6, 6.07) is 3.23. The van der Waals surface area contributed by atoms with E-state index >= 15 is 0 Å². The average Bonchev–Trinajstić information content (AvgIpc) is 2.87. The smallest absolute Gasteiger partial charge is 0.348 e. The monoisotopic (exact) mass is 312 g/mol. The van der Waals surface area contributed by atoms with Gasteiger partial charge in [0.2, 0.25) is 0 Å². The molecule has 0 fully saturated rings. The number of hydrogen-bond acceptors (Lipinski definition) is 5. The molecular weight excluding hydrogens is 288 g/mol. The first kappa shape index (κ1) is 17.7. The van der Waals surface area contributed by atoms with E-state index in [0.717, 1.165) is 24.2 Å². The lowest BCUT2D eigenvalue weighted by Gasteiger charge is -2.05. The van der Waals surface area contributed by atoms with Gasteiger partial charge in [-0.1, -0.05) is 27.7 Å². The van der Waals surface area contributed by atoms with Crippen LogP contribution in [-0.4, -0.2) is 25.2 Å². The Bertz CT molecular complexity index is 422. The Balaban J connectivity index is 2.44. The van der Waals surface area contributed by atoms with Crippen molar-refractivity contribution in [1.29, 1.82) is 0 Å². The van der Waals surface area contributed by atoms with Gasteiger partial charge in [-0.3, -0.25) is 0 Å². The normalized spacial score (nSPS) is 11.0. The van der Waals surface area contributed by atoms with Crippen LogP contribution in [0.25, 0.3) is 0 Å². The molecule has 21 heavy (non-hydrogen) atoms. The van der Waals surface area contributed by atoms with Gasteiger partial charge in [-0.2, -0.15) is 0 Å². The molecule has 0 radical (unpaired) electrons. The van der Waals surface area contributed by atoms with Crippen molar-refractivity contribution in [2.75, 3.05) is 13.2 Å². The van der Waals surface area contributed by atoms with Crippen LogP contribution in [0.3, 0.4) is 0 Å². The lowest BCUT2D eigenvalue weighted by Crippen LogP contribution is -2.07. The fourth-order valence-corrected chi connectivity index (χ4v) is 2.27. The molecule has 5 heteroatoms. The summed E-state index contributed by atoms with van der Waals surface area (Å²) in [5.41, 5.74) is 0. The van der Waals surface area contributed by atoms with Crippen molar-refractivity contribution in [2.45, 2.75) is 40.5 Å². The molecule has 0 aromatic carbocycles. The molecule has 0 amide bonds. The summed E-state index contributed by atoms with van der Waals surface area (Å²) in [5.74, 6) is 0.240. The van der Waals surface area contributed by atoms with Crippen LogP contribution in [0.5, 0.6) is 0 Å². The number of hydrogen-bond donors (Lipinski definition) is 0. The van der Waals surface area contributed by atoms with Crippen LogP contribution in [0.15, 0.2) is 12.1 Å². The van der Waals surface area contributed by atoms with Gasteiger partial charge < -0.3 is 9.47 Å². The predicted octanol–water partition coefficient (Wildman–Crippen LogP) is 4.15. The molecular formula is C16H24O4S. The van der Waals surface area contributed by atoms with Crippen LogP contribution >= 0.6 is 11.3 Å². The van der Waals surface area contributed by atoms with Crippen molar-refractivity contribution in [1.82, 2.24) is 0 Å². The van der Waals surface area contributed by atoms with Crippen molar-refractivity contribution in [2.24, 2.45) is 11.8 Å². The standard InChI is InChI=1S/C16H24O4S/c1-11(2)7-9-19-15(17)13-5-6-14(21-13)16(18)20-10-8-12(3)4/h5-6,11-12H,7-10H2,1-4H3. The van der Waals surface area contributed by atoms with Gasteiger partial charge in [-0.15, -0.1) is 11.3 Å². The zero-order valence-corrected chi connectivity index (χ0v) is 14.0. The highest BCUT2D eigenvalue weighted by Gasteiger charge is 2.16. The fourth-order valence-electron chi connectivity index (χ4n) is 1.47. The molecule has 0 N–H and O–H groups in total. The SMILES string of the molecule is CC(C)CCOC(=O)c1ccc(C(=O)OCCC(C)C)s1. The Morgan fingerprint density at radius 2 is 1.29 bits per heavy atom. The van der Waals surface area contributed by atoms with Crippen LogP contribution < -0.4 is 0 Å². The second-order valence-corrected chi connectivity index (χ2v) is 6.88. The van der Waals surface area contributed by atoms with E-state index in [0.29, 0.717) is 34.8 Å². The van der Waals surface area contributed by atoms with Crippen LogP contribution in [0.4, 0.5) is 0 Å². The maximum Gasteiger partial charge on any atom is 0.348 e. The minimum Gasteiger partial charge on any atom is -0.461 e. The maximum atomic E-state index is 11.8. The zero-order chi connectivity index (χ0) is 15.8. The summed E-state index contributed by atoms with van der Waals surface area (Å²) in [7, 11) is 0. The fraction of sp³-hybridized carbons (Fsp3) is 0.625. The number of esters is 2. The van der Waals surface area contributed by atoms with Crippen LogP contribution in [0.1, 0.15) is 59.9 Å². The number of rotatable bonds is 8. The highest BCUT2D eigenvalue weighted by atomic mass is 32.1. The molecule has 118 valence electrons. The van der Waals surface area contributed by atoms with Crippen molar-refractivity contribution < 1.29 is 19.1 Å². The quantitative estimate of drug-likeness (QED) is 0.677. The van der Waals surface area contributed by atoms with Crippen LogP contribution in [0.2, 0.25) is 0 Å². The van der Waals surface area contributed by atoms with Gasteiger partial charge in [0, 0.05) is 0 Å². The Morgan fingerprint density at radius 1 is 0.905 bits per heavy atom. The van der Waals surface area contributed by atoms with E-state index in [1.807, 2.05) is 0 Å².